The topological polar surface area (TPSA) is 58.7 Å². The zero-order valence-corrected chi connectivity index (χ0v) is 9.69. The van der Waals surface area contributed by atoms with Gasteiger partial charge in [-0.1, -0.05) is 0 Å². The summed E-state index contributed by atoms with van der Waals surface area (Å²) in [5, 5.41) is 9.26. The van der Waals surface area contributed by atoms with Crippen molar-refractivity contribution in [2.45, 2.75) is 38.4 Å². The number of nitrogens with zero attached hydrogens (tertiary/aromatic N) is 1. The van der Waals surface area contributed by atoms with Crippen molar-refractivity contribution in [3.8, 4) is 0 Å². The van der Waals surface area contributed by atoms with E-state index < -0.39 is 0 Å². The van der Waals surface area contributed by atoms with Crippen LogP contribution in [0.1, 0.15) is 26.2 Å². The minimum Gasteiger partial charge on any atom is -0.392 e. The normalized spacial score (nSPS) is 21.8. The first kappa shape index (κ1) is 12.9. The second-order valence-electron chi connectivity index (χ2n) is 4.36. The van der Waals surface area contributed by atoms with Gasteiger partial charge in [-0.15, -0.1) is 0 Å². The fraction of sp³-hybridized carbons (Fsp3) is 1.00. The predicted octanol–water partition coefficient (Wildman–Crippen LogP) is 0.197. The Kier molecular flexibility index (Phi) is 6.17. The van der Waals surface area contributed by atoms with Crippen LogP contribution < -0.4 is 5.73 Å². The van der Waals surface area contributed by atoms with E-state index in [9.17, 15) is 5.11 Å². The predicted molar refractivity (Wildman–Crippen MR) is 60.8 cm³/mol. The van der Waals surface area contributed by atoms with Crippen LogP contribution in [0.5, 0.6) is 0 Å². The van der Waals surface area contributed by atoms with E-state index in [1.54, 1.807) is 0 Å². The third-order valence-electron chi connectivity index (χ3n) is 2.76. The van der Waals surface area contributed by atoms with Crippen LogP contribution in [0.15, 0.2) is 0 Å². The van der Waals surface area contributed by atoms with E-state index in [1.165, 1.54) is 0 Å². The monoisotopic (exact) mass is 216 g/mol. The van der Waals surface area contributed by atoms with Gasteiger partial charge in [0.15, 0.2) is 0 Å². The lowest BCUT2D eigenvalue weighted by Crippen LogP contribution is -2.40. The first-order valence-electron chi connectivity index (χ1n) is 5.94. The number of likely N-dealkylation sites (tertiary alicyclic amines) is 1. The van der Waals surface area contributed by atoms with Gasteiger partial charge in [-0.25, -0.2) is 0 Å². The van der Waals surface area contributed by atoms with Gasteiger partial charge in [-0.3, -0.25) is 0 Å². The number of hydrogen-bond donors (Lipinski definition) is 2. The van der Waals surface area contributed by atoms with Gasteiger partial charge in [0, 0.05) is 26.2 Å². The van der Waals surface area contributed by atoms with Gasteiger partial charge in [0.2, 0.25) is 0 Å². The van der Waals surface area contributed by atoms with E-state index in [4.69, 9.17) is 10.5 Å². The number of piperidine rings is 1. The van der Waals surface area contributed by atoms with Gasteiger partial charge >= 0.3 is 0 Å². The molecule has 1 rings (SSSR count). The summed E-state index contributed by atoms with van der Waals surface area (Å²) in [5.41, 5.74) is 5.40. The summed E-state index contributed by atoms with van der Waals surface area (Å²) in [6.45, 7) is 6.20. The van der Waals surface area contributed by atoms with Crippen LogP contribution in [0.3, 0.4) is 0 Å². The quantitative estimate of drug-likeness (QED) is 0.623. The highest BCUT2D eigenvalue weighted by molar-refractivity contribution is 4.73. The molecular weight excluding hydrogens is 192 g/mol. The van der Waals surface area contributed by atoms with E-state index in [2.05, 4.69) is 4.90 Å². The van der Waals surface area contributed by atoms with Gasteiger partial charge in [-0.05, 0) is 32.7 Å². The summed E-state index contributed by atoms with van der Waals surface area (Å²) in [6.07, 6.45) is 3.30. The highest BCUT2D eigenvalue weighted by Gasteiger charge is 2.19. The first-order valence-corrected chi connectivity index (χ1v) is 5.94. The van der Waals surface area contributed by atoms with Gasteiger partial charge in [0.1, 0.15) is 0 Å². The molecule has 0 amide bonds. The lowest BCUT2D eigenvalue weighted by Gasteiger charge is -2.32. The number of aliphatic hydroxyl groups excluding tert-OH is 1. The van der Waals surface area contributed by atoms with Crippen LogP contribution in [0.25, 0.3) is 0 Å². The van der Waals surface area contributed by atoms with E-state index >= 15 is 0 Å². The summed E-state index contributed by atoms with van der Waals surface area (Å²) in [4.78, 5) is 2.30. The average molecular weight is 216 g/mol. The smallest absolute Gasteiger partial charge is 0.0639 e. The van der Waals surface area contributed by atoms with E-state index in [1.807, 2.05) is 6.92 Å². The van der Waals surface area contributed by atoms with Crippen molar-refractivity contribution >= 4 is 0 Å². The fourth-order valence-electron chi connectivity index (χ4n) is 1.97. The number of rotatable bonds is 6. The molecule has 0 aromatic heterocycles. The number of aliphatic hydroxyl groups is 1. The molecule has 0 unspecified atom stereocenters. The third-order valence-corrected chi connectivity index (χ3v) is 2.76. The molecule has 1 aliphatic rings. The van der Waals surface area contributed by atoms with Crippen molar-refractivity contribution in [1.29, 1.82) is 0 Å². The van der Waals surface area contributed by atoms with Crippen molar-refractivity contribution in [2.24, 2.45) is 5.73 Å². The Morgan fingerprint density at radius 1 is 1.47 bits per heavy atom. The van der Waals surface area contributed by atoms with E-state index in [0.29, 0.717) is 12.6 Å². The fourth-order valence-corrected chi connectivity index (χ4v) is 1.97. The SMILES string of the molecule is C[C@@H](O)CN1CCC(OCCCN)CC1. The molecule has 0 radical (unpaired) electrons. The first-order chi connectivity index (χ1) is 7.22. The largest absolute Gasteiger partial charge is 0.392 e. The highest BCUT2D eigenvalue weighted by atomic mass is 16.5. The molecule has 0 aromatic carbocycles. The molecule has 4 heteroatoms. The van der Waals surface area contributed by atoms with E-state index in [0.717, 1.165) is 45.5 Å². The summed E-state index contributed by atoms with van der Waals surface area (Å²) >= 11 is 0. The second-order valence-corrected chi connectivity index (χ2v) is 4.36. The van der Waals surface area contributed by atoms with Crippen molar-refractivity contribution in [2.75, 3.05) is 32.8 Å². The highest BCUT2D eigenvalue weighted by Crippen LogP contribution is 2.13. The third kappa shape index (κ3) is 5.47. The summed E-state index contributed by atoms with van der Waals surface area (Å²) < 4.78 is 5.71. The van der Waals surface area contributed by atoms with Crippen LogP contribution in [0.4, 0.5) is 0 Å². The molecule has 3 N–H and O–H groups in total. The minimum absolute atomic E-state index is 0.222. The molecule has 1 fully saturated rings. The van der Waals surface area contributed by atoms with Gasteiger partial charge in [-0.2, -0.15) is 0 Å². The lowest BCUT2D eigenvalue weighted by molar-refractivity contribution is -0.000781. The number of hydrogen-bond acceptors (Lipinski definition) is 4. The molecular formula is C11H24N2O2. The molecule has 1 saturated heterocycles. The summed E-state index contributed by atoms with van der Waals surface area (Å²) in [6, 6.07) is 0. The molecule has 1 atom stereocenters. The second kappa shape index (κ2) is 7.17. The van der Waals surface area contributed by atoms with Crippen LogP contribution in [-0.2, 0) is 4.74 Å². The molecule has 1 aliphatic heterocycles. The molecule has 0 spiro atoms. The number of ether oxygens (including phenoxy) is 1. The zero-order chi connectivity index (χ0) is 11.1. The Labute approximate surface area is 92.4 Å². The maximum absolute atomic E-state index is 9.26. The van der Waals surface area contributed by atoms with E-state index in [-0.39, 0.29) is 6.10 Å². The minimum atomic E-state index is -0.222. The summed E-state index contributed by atoms with van der Waals surface area (Å²) in [5.74, 6) is 0. The maximum atomic E-state index is 9.26. The van der Waals surface area contributed by atoms with Crippen molar-refractivity contribution in [3.05, 3.63) is 0 Å². The number of nitrogens with two attached hydrogens (primary N) is 1. The Bertz CT molecular complexity index is 157. The van der Waals surface area contributed by atoms with Crippen LogP contribution in [0, 0.1) is 0 Å². The van der Waals surface area contributed by atoms with Crippen molar-refractivity contribution in [3.63, 3.8) is 0 Å². The molecule has 4 nitrogen and oxygen atoms in total. The Hall–Kier alpha value is -0.160. The molecule has 1 heterocycles. The average Bonchev–Trinajstić information content (AvgIpc) is 2.20. The number of β-amino-alcohol motifs (C(OH)–C–C–N with tert-alkyl or cyclic N) is 1. The lowest BCUT2D eigenvalue weighted by atomic mass is 10.1. The van der Waals surface area contributed by atoms with Crippen LogP contribution in [-0.4, -0.2) is 55.0 Å². The summed E-state index contributed by atoms with van der Waals surface area (Å²) in [7, 11) is 0. The van der Waals surface area contributed by atoms with Crippen LogP contribution in [0.2, 0.25) is 0 Å². The Morgan fingerprint density at radius 3 is 2.67 bits per heavy atom. The maximum Gasteiger partial charge on any atom is 0.0639 e. The zero-order valence-electron chi connectivity index (χ0n) is 9.69. The van der Waals surface area contributed by atoms with Crippen LogP contribution >= 0.6 is 0 Å². The molecule has 15 heavy (non-hydrogen) atoms. The van der Waals surface area contributed by atoms with Gasteiger partial charge < -0.3 is 20.5 Å². The van der Waals surface area contributed by atoms with Gasteiger partial charge in [0.05, 0.1) is 12.2 Å². The standard InChI is InChI=1S/C11H24N2O2/c1-10(14)9-13-6-3-11(4-7-13)15-8-2-5-12/h10-11,14H,2-9,12H2,1H3/t10-/m1/s1. The molecule has 0 bridgehead atoms. The molecule has 0 aromatic rings. The molecule has 0 saturated carbocycles. The van der Waals surface area contributed by atoms with Crippen molar-refractivity contribution in [1.82, 2.24) is 4.90 Å². The van der Waals surface area contributed by atoms with Gasteiger partial charge in [0.25, 0.3) is 0 Å². The molecule has 0 aliphatic carbocycles. The molecule has 90 valence electrons. The Morgan fingerprint density at radius 2 is 2.13 bits per heavy atom. The Balaban J connectivity index is 2.07. The van der Waals surface area contributed by atoms with Crippen molar-refractivity contribution < 1.29 is 9.84 Å².